The van der Waals surface area contributed by atoms with E-state index in [-0.39, 0.29) is 22.3 Å². The minimum Gasteiger partial charge on any atom is -0.452 e. The van der Waals surface area contributed by atoms with E-state index in [4.69, 9.17) is 16.3 Å². The molecule has 0 bridgehead atoms. The average Bonchev–Trinajstić information content (AvgIpc) is 3.07. The largest absolute Gasteiger partial charge is 0.452 e. The molecule has 1 aromatic carbocycles. The van der Waals surface area contributed by atoms with Gasteiger partial charge in [-0.25, -0.2) is 4.79 Å². The monoisotopic (exact) mass is 368 g/mol. The van der Waals surface area contributed by atoms with Crippen LogP contribution in [-0.4, -0.2) is 23.4 Å². The summed E-state index contributed by atoms with van der Waals surface area (Å²) >= 11 is 7.34. The number of ether oxygens (including phenoxy) is 1. The van der Waals surface area contributed by atoms with Gasteiger partial charge in [-0.05, 0) is 24.4 Å². The Labute approximate surface area is 146 Å². The molecule has 0 spiro atoms. The molecule has 24 heavy (non-hydrogen) atoms. The van der Waals surface area contributed by atoms with E-state index >= 15 is 0 Å². The maximum atomic E-state index is 12.0. The summed E-state index contributed by atoms with van der Waals surface area (Å²) in [5.41, 5.74) is -0.452. The van der Waals surface area contributed by atoms with Gasteiger partial charge >= 0.3 is 5.97 Å². The zero-order valence-corrected chi connectivity index (χ0v) is 14.1. The fraction of sp³-hybridized carbons (Fsp3) is 0.200. The van der Waals surface area contributed by atoms with Crippen LogP contribution in [0.15, 0.2) is 35.7 Å². The highest BCUT2D eigenvalue weighted by Gasteiger charge is 2.19. The normalized spacial score (nSPS) is 11.6. The first-order valence-corrected chi connectivity index (χ1v) is 8.08. The molecule has 0 unspecified atom stereocenters. The minimum atomic E-state index is -0.900. The summed E-state index contributed by atoms with van der Waals surface area (Å²) in [5, 5.41) is 15.3. The molecule has 0 saturated carbocycles. The third-order valence-electron chi connectivity index (χ3n) is 3.06. The summed E-state index contributed by atoms with van der Waals surface area (Å²) in [7, 11) is 0. The summed E-state index contributed by atoms with van der Waals surface area (Å²) in [6.07, 6.45) is 0. The van der Waals surface area contributed by atoms with Crippen LogP contribution in [0, 0.1) is 10.1 Å². The smallest absolute Gasteiger partial charge is 0.340 e. The molecule has 2 rings (SSSR count). The zero-order chi connectivity index (χ0) is 17.7. The van der Waals surface area contributed by atoms with Crippen molar-refractivity contribution in [2.45, 2.75) is 13.0 Å². The number of carbonyl (C=O) groups is 2. The molecular weight excluding hydrogens is 356 g/mol. The number of nitrogens with zero attached hydrogens (tertiary/aromatic N) is 1. The van der Waals surface area contributed by atoms with Crippen molar-refractivity contribution < 1.29 is 19.2 Å². The van der Waals surface area contributed by atoms with Crippen molar-refractivity contribution in [3.05, 3.63) is 61.3 Å². The van der Waals surface area contributed by atoms with Crippen LogP contribution in [0.25, 0.3) is 0 Å². The van der Waals surface area contributed by atoms with E-state index < -0.39 is 23.4 Å². The molecule has 1 heterocycles. The fourth-order valence-corrected chi connectivity index (χ4v) is 2.81. The number of carbonyl (C=O) groups excluding carboxylic acids is 2. The molecular formula is C15H13ClN2O5S. The number of nitro groups is 1. The Kier molecular flexibility index (Phi) is 5.88. The van der Waals surface area contributed by atoms with Gasteiger partial charge in [0.2, 0.25) is 0 Å². The standard InChI is InChI=1S/C15H13ClN2O5S/c1-9(13-3-2-6-24-13)17-14(19)8-23-15(20)11-7-10(18(21)22)4-5-12(11)16/h2-7,9H,8H2,1H3,(H,17,19)/t9-/m1/s1. The van der Waals surface area contributed by atoms with Gasteiger partial charge in [-0.2, -0.15) is 0 Å². The summed E-state index contributed by atoms with van der Waals surface area (Å²) in [6, 6.07) is 6.95. The molecule has 2 aromatic rings. The van der Waals surface area contributed by atoms with Gasteiger partial charge in [-0.15, -0.1) is 11.3 Å². The Morgan fingerprint density at radius 2 is 2.17 bits per heavy atom. The number of non-ortho nitro benzene ring substituents is 1. The van der Waals surface area contributed by atoms with E-state index in [1.807, 2.05) is 24.4 Å². The molecule has 0 aliphatic carbocycles. The molecule has 0 saturated heterocycles. The summed E-state index contributed by atoms with van der Waals surface area (Å²) in [6.45, 7) is 1.30. The molecule has 0 fully saturated rings. The topological polar surface area (TPSA) is 98.5 Å². The van der Waals surface area contributed by atoms with Gasteiger partial charge in [-0.1, -0.05) is 17.7 Å². The molecule has 9 heteroatoms. The lowest BCUT2D eigenvalue weighted by atomic mass is 10.2. The average molecular weight is 369 g/mol. The quantitative estimate of drug-likeness (QED) is 0.479. The van der Waals surface area contributed by atoms with E-state index in [1.54, 1.807) is 0 Å². The van der Waals surface area contributed by atoms with Crippen LogP contribution < -0.4 is 5.32 Å². The number of benzene rings is 1. The molecule has 0 radical (unpaired) electrons. The van der Waals surface area contributed by atoms with E-state index in [1.165, 1.54) is 23.5 Å². The van der Waals surface area contributed by atoms with Gasteiger partial charge in [-0.3, -0.25) is 14.9 Å². The van der Waals surface area contributed by atoms with Gasteiger partial charge in [0.05, 0.1) is 21.6 Å². The van der Waals surface area contributed by atoms with Crippen LogP contribution in [0.3, 0.4) is 0 Å². The summed E-state index contributed by atoms with van der Waals surface area (Å²) in [4.78, 5) is 34.8. The van der Waals surface area contributed by atoms with Crippen LogP contribution >= 0.6 is 22.9 Å². The van der Waals surface area contributed by atoms with Crippen molar-refractivity contribution in [2.75, 3.05) is 6.61 Å². The second-order valence-corrected chi connectivity index (χ2v) is 6.19. The van der Waals surface area contributed by atoms with Gasteiger partial charge < -0.3 is 10.1 Å². The van der Waals surface area contributed by atoms with Crippen molar-refractivity contribution in [3.8, 4) is 0 Å². The highest BCUT2D eigenvalue weighted by molar-refractivity contribution is 7.10. The van der Waals surface area contributed by atoms with Crippen molar-refractivity contribution in [1.82, 2.24) is 5.32 Å². The maximum Gasteiger partial charge on any atom is 0.340 e. The van der Waals surface area contributed by atoms with Crippen molar-refractivity contribution in [3.63, 3.8) is 0 Å². The number of nitrogens with one attached hydrogen (secondary N) is 1. The highest BCUT2D eigenvalue weighted by Crippen LogP contribution is 2.23. The number of rotatable bonds is 6. The second kappa shape index (κ2) is 7.89. The molecule has 1 N–H and O–H groups in total. The van der Waals surface area contributed by atoms with Crippen LogP contribution in [-0.2, 0) is 9.53 Å². The number of halogens is 1. The lowest BCUT2D eigenvalue weighted by Gasteiger charge is -2.12. The number of hydrogen-bond acceptors (Lipinski definition) is 6. The third-order valence-corrected chi connectivity index (χ3v) is 4.45. The Morgan fingerprint density at radius 3 is 2.79 bits per heavy atom. The molecule has 1 atom stereocenters. The number of nitro benzene ring substituents is 1. The number of thiophene rings is 1. The van der Waals surface area contributed by atoms with Crippen LogP contribution in [0.1, 0.15) is 28.2 Å². The maximum absolute atomic E-state index is 12.0. The van der Waals surface area contributed by atoms with Crippen molar-refractivity contribution in [1.29, 1.82) is 0 Å². The Hall–Kier alpha value is -2.45. The lowest BCUT2D eigenvalue weighted by Crippen LogP contribution is -2.30. The Morgan fingerprint density at radius 1 is 1.42 bits per heavy atom. The Bertz CT molecular complexity index is 763. The molecule has 1 aromatic heterocycles. The lowest BCUT2D eigenvalue weighted by molar-refractivity contribution is -0.384. The van der Waals surface area contributed by atoms with E-state index in [9.17, 15) is 19.7 Å². The van der Waals surface area contributed by atoms with Crippen LogP contribution in [0.2, 0.25) is 5.02 Å². The van der Waals surface area contributed by atoms with E-state index in [2.05, 4.69) is 5.32 Å². The number of amides is 1. The highest BCUT2D eigenvalue weighted by atomic mass is 35.5. The first kappa shape index (κ1) is 17.9. The summed E-state index contributed by atoms with van der Waals surface area (Å²) in [5.74, 6) is -1.38. The predicted molar refractivity (Wildman–Crippen MR) is 89.3 cm³/mol. The molecule has 0 aliphatic heterocycles. The first-order chi connectivity index (χ1) is 11.4. The van der Waals surface area contributed by atoms with Gasteiger partial charge in [0.25, 0.3) is 11.6 Å². The van der Waals surface area contributed by atoms with Gasteiger partial charge in [0, 0.05) is 17.0 Å². The first-order valence-electron chi connectivity index (χ1n) is 6.82. The molecule has 0 aliphatic rings. The second-order valence-electron chi connectivity index (χ2n) is 4.80. The van der Waals surface area contributed by atoms with Crippen LogP contribution in [0.4, 0.5) is 5.69 Å². The SMILES string of the molecule is C[C@@H](NC(=O)COC(=O)c1cc([N+](=O)[O-])ccc1Cl)c1cccs1. The zero-order valence-electron chi connectivity index (χ0n) is 12.5. The van der Waals surface area contributed by atoms with E-state index in [0.29, 0.717) is 0 Å². The molecule has 126 valence electrons. The fourth-order valence-electron chi connectivity index (χ4n) is 1.88. The summed E-state index contributed by atoms with van der Waals surface area (Å²) < 4.78 is 4.87. The molecule has 7 nitrogen and oxygen atoms in total. The molecule has 1 amide bonds. The van der Waals surface area contributed by atoms with E-state index in [0.717, 1.165) is 10.9 Å². The van der Waals surface area contributed by atoms with Crippen LogP contribution in [0.5, 0.6) is 0 Å². The minimum absolute atomic E-state index is 0.0120. The predicted octanol–water partition coefficient (Wildman–Crippen LogP) is 3.34. The number of hydrogen-bond donors (Lipinski definition) is 1. The third kappa shape index (κ3) is 4.53. The number of esters is 1. The van der Waals surface area contributed by atoms with Gasteiger partial charge in [0.1, 0.15) is 0 Å². The Balaban J connectivity index is 1.94. The van der Waals surface area contributed by atoms with Crippen molar-refractivity contribution >= 4 is 40.5 Å². The van der Waals surface area contributed by atoms with Gasteiger partial charge in [0.15, 0.2) is 6.61 Å². The van der Waals surface area contributed by atoms with Crippen molar-refractivity contribution in [2.24, 2.45) is 0 Å².